The second-order valence-corrected chi connectivity index (χ2v) is 12.0. The number of benzene rings is 3. The Labute approximate surface area is 209 Å². The quantitative estimate of drug-likeness (QED) is 0.510. The summed E-state index contributed by atoms with van der Waals surface area (Å²) in [7, 11) is -5.68. The van der Waals surface area contributed by atoms with Gasteiger partial charge in [-0.15, -0.1) is 3.71 Å². The van der Waals surface area contributed by atoms with Crippen LogP contribution in [0.1, 0.15) is 17.2 Å². The number of hydrogen-bond acceptors (Lipinski definition) is 8. The lowest BCUT2D eigenvalue weighted by Gasteiger charge is -2.31. The molecule has 3 aromatic carbocycles. The summed E-state index contributed by atoms with van der Waals surface area (Å²) in [6.07, 6.45) is 0.652. The summed E-state index contributed by atoms with van der Waals surface area (Å²) >= 11 is 0. The van der Waals surface area contributed by atoms with E-state index in [4.69, 9.17) is 14.2 Å². The van der Waals surface area contributed by atoms with Crippen LogP contribution in [-0.2, 0) is 20.0 Å². The van der Waals surface area contributed by atoms with Gasteiger partial charge in [0.25, 0.3) is 0 Å². The van der Waals surface area contributed by atoms with Crippen molar-refractivity contribution in [3.63, 3.8) is 0 Å². The zero-order valence-corrected chi connectivity index (χ0v) is 21.5. The van der Waals surface area contributed by atoms with Crippen molar-refractivity contribution in [1.29, 1.82) is 0 Å². The van der Waals surface area contributed by atoms with Crippen molar-refractivity contribution >= 4 is 31.8 Å². The summed E-state index contributed by atoms with van der Waals surface area (Å²) in [6, 6.07) is 16.3. The van der Waals surface area contributed by atoms with Crippen molar-refractivity contribution in [2.24, 2.45) is 0 Å². The highest BCUT2D eigenvalue weighted by Crippen LogP contribution is 2.49. The monoisotopic (exact) mass is 532 g/mol. The zero-order valence-electron chi connectivity index (χ0n) is 19.9. The molecular weight excluding hydrogens is 508 g/mol. The number of anilines is 1. The smallest absolute Gasteiger partial charge is 0.349 e. The number of carbonyl (C=O) groups is 1. The molecule has 0 radical (unpaired) electrons. The fourth-order valence-corrected chi connectivity index (χ4v) is 6.75. The number of carbonyl (C=O) groups excluding carboxylic acids is 1. The minimum Gasteiger partial charge on any atom is -0.497 e. The fourth-order valence-electron chi connectivity index (χ4n) is 4.09. The maximum atomic E-state index is 12.7. The first-order valence-corrected chi connectivity index (χ1v) is 14.3. The van der Waals surface area contributed by atoms with Gasteiger partial charge >= 0.3 is 6.03 Å². The Hall–Kier alpha value is -3.77. The summed E-state index contributed by atoms with van der Waals surface area (Å²) in [5.74, 6) is 1.79. The first-order valence-electron chi connectivity index (χ1n) is 10.6. The number of rotatable bonds is 6. The molecule has 0 saturated heterocycles. The highest BCUT2D eigenvalue weighted by molar-refractivity contribution is 8.04. The van der Waals surface area contributed by atoms with Crippen LogP contribution in [0, 0.1) is 0 Å². The van der Waals surface area contributed by atoms with Crippen LogP contribution in [0.5, 0.6) is 17.2 Å². The highest BCUT2D eigenvalue weighted by Gasteiger charge is 2.34. The minimum atomic E-state index is -4.39. The maximum absolute atomic E-state index is 12.7. The van der Waals surface area contributed by atoms with E-state index in [1.807, 2.05) is 30.3 Å². The van der Waals surface area contributed by atoms with E-state index in [9.17, 15) is 21.6 Å². The largest absolute Gasteiger partial charge is 0.497 e. The molecule has 0 saturated carbocycles. The van der Waals surface area contributed by atoms with Gasteiger partial charge in [-0.1, -0.05) is 24.3 Å². The zero-order chi connectivity index (χ0) is 26.3. The number of fused-ring (bicyclic) bond motifs is 3. The van der Waals surface area contributed by atoms with Crippen LogP contribution < -0.4 is 19.5 Å². The molecule has 0 spiro atoms. The van der Waals surface area contributed by atoms with Gasteiger partial charge in [-0.05, 0) is 42.0 Å². The van der Waals surface area contributed by atoms with Crippen LogP contribution in [0.2, 0.25) is 0 Å². The molecule has 12 heteroatoms. The summed E-state index contributed by atoms with van der Waals surface area (Å²) < 4.78 is 65.0. The first-order chi connectivity index (χ1) is 16.9. The van der Waals surface area contributed by atoms with E-state index < -0.39 is 32.2 Å². The lowest BCUT2D eigenvalue weighted by Crippen LogP contribution is -2.43. The van der Waals surface area contributed by atoms with Gasteiger partial charge in [-0.25, -0.2) is 21.6 Å². The SMILES string of the molecule is COc1cccc(C2Oc3cccc(OC)c3-c3ccc(NC(=O)N(S(C)(=O)=O)S(C)(=O)=O)cc32)c1. The molecule has 1 unspecified atom stereocenters. The van der Waals surface area contributed by atoms with Crippen molar-refractivity contribution in [3.8, 4) is 28.4 Å². The Balaban J connectivity index is 1.84. The number of ether oxygens (including phenoxy) is 3. The second kappa shape index (κ2) is 9.36. The van der Waals surface area contributed by atoms with Gasteiger partial charge in [-0.3, -0.25) is 0 Å². The fraction of sp³-hybridized carbons (Fsp3) is 0.208. The molecule has 10 nitrogen and oxygen atoms in total. The van der Waals surface area contributed by atoms with E-state index in [0.29, 0.717) is 40.9 Å². The van der Waals surface area contributed by atoms with Crippen molar-refractivity contribution in [3.05, 3.63) is 71.8 Å². The Morgan fingerprint density at radius 3 is 2.25 bits per heavy atom. The molecule has 2 amide bonds. The average molecular weight is 533 g/mol. The van der Waals surface area contributed by atoms with E-state index in [1.54, 1.807) is 44.6 Å². The van der Waals surface area contributed by atoms with Crippen LogP contribution in [0.15, 0.2) is 60.7 Å². The molecule has 4 rings (SSSR count). The van der Waals surface area contributed by atoms with Gasteiger partial charge in [0.1, 0.15) is 23.4 Å². The Bertz CT molecular complexity index is 1520. The molecule has 0 fully saturated rings. The molecule has 3 aromatic rings. The van der Waals surface area contributed by atoms with Crippen molar-refractivity contribution < 1.29 is 35.8 Å². The molecular formula is C24H24N2O8S2. The molecule has 190 valence electrons. The number of urea groups is 1. The number of sulfonamides is 2. The molecule has 0 bridgehead atoms. The summed E-state index contributed by atoms with van der Waals surface area (Å²) in [5, 5.41) is 2.37. The Morgan fingerprint density at radius 2 is 1.61 bits per heavy atom. The van der Waals surface area contributed by atoms with E-state index >= 15 is 0 Å². The maximum Gasteiger partial charge on any atom is 0.349 e. The molecule has 36 heavy (non-hydrogen) atoms. The minimum absolute atomic E-state index is 0.172. The van der Waals surface area contributed by atoms with Crippen LogP contribution >= 0.6 is 0 Å². The number of nitrogens with zero attached hydrogens (tertiary/aromatic N) is 1. The second-order valence-electron chi connectivity index (χ2n) is 8.06. The van der Waals surface area contributed by atoms with Gasteiger partial charge in [0, 0.05) is 16.8 Å². The predicted molar refractivity (Wildman–Crippen MR) is 134 cm³/mol. The third-order valence-electron chi connectivity index (χ3n) is 5.47. The molecule has 0 aliphatic carbocycles. The average Bonchev–Trinajstić information content (AvgIpc) is 2.81. The predicted octanol–water partition coefficient (Wildman–Crippen LogP) is 3.61. The summed E-state index contributed by atoms with van der Waals surface area (Å²) in [6.45, 7) is 0. The van der Waals surface area contributed by atoms with Gasteiger partial charge in [-0.2, -0.15) is 0 Å². The van der Waals surface area contributed by atoms with Crippen LogP contribution in [0.4, 0.5) is 10.5 Å². The number of hydrogen-bond donors (Lipinski definition) is 1. The summed E-state index contributed by atoms with van der Waals surface area (Å²) in [4.78, 5) is 12.7. The molecule has 0 aromatic heterocycles. The molecule has 1 N–H and O–H groups in total. The number of methoxy groups -OCH3 is 2. The molecule has 1 heterocycles. The van der Waals surface area contributed by atoms with Crippen LogP contribution in [-0.4, -0.2) is 53.3 Å². The number of amides is 2. The van der Waals surface area contributed by atoms with E-state index in [-0.39, 0.29) is 9.40 Å². The third kappa shape index (κ3) is 4.82. The van der Waals surface area contributed by atoms with Gasteiger partial charge in [0.05, 0.1) is 32.3 Å². The van der Waals surface area contributed by atoms with Crippen LogP contribution in [0.25, 0.3) is 11.1 Å². The van der Waals surface area contributed by atoms with Gasteiger partial charge in [0.15, 0.2) is 0 Å². The normalized spacial score (nSPS) is 14.6. The first kappa shape index (κ1) is 25.3. The molecule has 1 aliphatic heterocycles. The number of nitrogens with one attached hydrogen (secondary N) is 1. The highest BCUT2D eigenvalue weighted by atomic mass is 32.3. The van der Waals surface area contributed by atoms with Crippen molar-refractivity contribution in [2.45, 2.75) is 6.10 Å². The third-order valence-corrected chi connectivity index (χ3v) is 8.63. The van der Waals surface area contributed by atoms with E-state index in [2.05, 4.69) is 5.32 Å². The van der Waals surface area contributed by atoms with Crippen molar-refractivity contribution in [2.75, 3.05) is 32.0 Å². The van der Waals surface area contributed by atoms with Crippen molar-refractivity contribution in [1.82, 2.24) is 3.71 Å². The molecule has 1 aliphatic rings. The van der Waals surface area contributed by atoms with E-state index in [1.165, 1.54) is 0 Å². The Kier molecular flexibility index (Phi) is 6.58. The van der Waals surface area contributed by atoms with Gasteiger partial charge < -0.3 is 19.5 Å². The summed E-state index contributed by atoms with van der Waals surface area (Å²) in [5.41, 5.74) is 3.05. The standard InChI is InChI=1S/C24H24N2O8S2/c1-32-17-8-5-7-15(13-17)23-19-14-16(25-24(27)26(35(3,28)29)36(4,30)31)11-12-18(19)22-20(33-2)9-6-10-21(22)34-23/h5-14,23H,1-4H3,(H,25,27). The van der Waals surface area contributed by atoms with E-state index in [0.717, 1.165) is 11.1 Å². The van der Waals surface area contributed by atoms with Gasteiger partial charge in [0.2, 0.25) is 20.0 Å². The molecule has 1 atom stereocenters. The van der Waals surface area contributed by atoms with Crippen LogP contribution in [0.3, 0.4) is 0 Å². The topological polar surface area (TPSA) is 128 Å². The Morgan fingerprint density at radius 1 is 0.917 bits per heavy atom. The lowest BCUT2D eigenvalue weighted by molar-refractivity contribution is 0.241. The lowest BCUT2D eigenvalue weighted by atomic mass is 9.88.